The van der Waals surface area contributed by atoms with Gasteiger partial charge < -0.3 is 9.42 Å². The van der Waals surface area contributed by atoms with Crippen LogP contribution in [0.15, 0.2) is 53.1 Å². The number of amides is 1. The summed E-state index contributed by atoms with van der Waals surface area (Å²) in [5.74, 6) is 0.618. The first kappa shape index (κ1) is 16.4. The lowest BCUT2D eigenvalue weighted by atomic mass is 10.1. The fourth-order valence-corrected chi connectivity index (χ4v) is 3.21. The van der Waals surface area contributed by atoms with Crippen molar-refractivity contribution < 1.29 is 13.7 Å². The smallest absolute Gasteiger partial charge is 0.249 e. The zero-order valence-corrected chi connectivity index (χ0v) is 14.4. The second-order valence-corrected chi connectivity index (χ2v) is 6.53. The van der Waals surface area contributed by atoms with Gasteiger partial charge in [-0.25, -0.2) is 4.39 Å². The molecule has 0 aliphatic carbocycles. The van der Waals surface area contributed by atoms with E-state index in [0.29, 0.717) is 31.1 Å². The quantitative estimate of drug-likeness (QED) is 0.711. The van der Waals surface area contributed by atoms with E-state index in [-0.39, 0.29) is 17.8 Å². The predicted molar refractivity (Wildman–Crippen MR) is 93.4 cm³/mol. The lowest BCUT2D eigenvalue weighted by Crippen LogP contribution is -2.27. The van der Waals surface area contributed by atoms with Crippen LogP contribution in [0.2, 0.25) is 0 Å². The molecule has 1 aliphatic rings. The monoisotopic (exact) mass is 351 g/mol. The largest absolute Gasteiger partial charge is 0.337 e. The third-order valence-corrected chi connectivity index (χ3v) is 4.61. The molecule has 1 atom stereocenters. The van der Waals surface area contributed by atoms with Gasteiger partial charge in [-0.1, -0.05) is 47.1 Å². The highest BCUT2D eigenvalue weighted by Gasteiger charge is 2.36. The number of halogens is 1. The lowest BCUT2D eigenvalue weighted by molar-refractivity contribution is -0.130. The van der Waals surface area contributed by atoms with Gasteiger partial charge in [-0.3, -0.25) is 4.79 Å². The Morgan fingerprint density at radius 3 is 2.81 bits per heavy atom. The molecule has 1 amide bonds. The number of aromatic nitrogens is 2. The van der Waals surface area contributed by atoms with E-state index in [1.807, 2.05) is 31.2 Å². The average molecular weight is 351 g/mol. The number of benzene rings is 2. The Balaban J connectivity index is 1.58. The van der Waals surface area contributed by atoms with E-state index < -0.39 is 0 Å². The molecule has 0 spiro atoms. The van der Waals surface area contributed by atoms with Gasteiger partial charge in [0.15, 0.2) is 0 Å². The van der Waals surface area contributed by atoms with Crippen molar-refractivity contribution in [2.24, 2.45) is 0 Å². The van der Waals surface area contributed by atoms with Gasteiger partial charge in [-0.2, -0.15) is 4.98 Å². The van der Waals surface area contributed by atoms with Crippen LogP contribution in [0.3, 0.4) is 0 Å². The summed E-state index contributed by atoms with van der Waals surface area (Å²) in [6.07, 6.45) is 1.03. The van der Waals surface area contributed by atoms with Crippen LogP contribution in [0.4, 0.5) is 4.39 Å². The third kappa shape index (κ3) is 3.22. The van der Waals surface area contributed by atoms with Gasteiger partial charge in [0.2, 0.25) is 17.6 Å². The molecule has 1 aliphatic heterocycles. The summed E-state index contributed by atoms with van der Waals surface area (Å²) in [5.41, 5.74) is 2.76. The van der Waals surface area contributed by atoms with Gasteiger partial charge in [-0.15, -0.1) is 0 Å². The average Bonchev–Trinajstić information content (AvgIpc) is 3.24. The summed E-state index contributed by atoms with van der Waals surface area (Å²) in [6.45, 7) is 2.34. The van der Waals surface area contributed by atoms with Gasteiger partial charge >= 0.3 is 0 Å². The van der Waals surface area contributed by atoms with E-state index >= 15 is 0 Å². The fourth-order valence-electron chi connectivity index (χ4n) is 3.21. The molecule has 1 saturated heterocycles. The fraction of sp³-hybridized carbons (Fsp3) is 0.250. The number of carbonyl (C=O) groups is 1. The van der Waals surface area contributed by atoms with Crippen molar-refractivity contribution in [1.82, 2.24) is 15.0 Å². The van der Waals surface area contributed by atoms with Crippen LogP contribution in [0.25, 0.3) is 11.4 Å². The molecule has 132 valence electrons. The summed E-state index contributed by atoms with van der Waals surface area (Å²) in [7, 11) is 0. The van der Waals surface area contributed by atoms with Crippen molar-refractivity contribution in [3.63, 3.8) is 0 Å². The Morgan fingerprint density at radius 1 is 1.23 bits per heavy atom. The highest BCUT2D eigenvalue weighted by molar-refractivity contribution is 5.78. The molecule has 4 rings (SSSR count). The molecule has 0 radical (unpaired) electrons. The summed E-state index contributed by atoms with van der Waals surface area (Å²) >= 11 is 0. The standard InChI is InChI=1S/C20H18FN3O2/c1-13-5-7-15(8-6-13)19-22-20(26-23-19)17-9-10-18(25)24(17)12-14-3-2-4-16(21)11-14/h2-8,11,17H,9-10,12H2,1H3. The normalized spacial score (nSPS) is 17.1. The minimum Gasteiger partial charge on any atom is -0.337 e. The zero-order chi connectivity index (χ0) is 18.1. The number of carbonyl (C=O) groups excluding carboxylic acids is 1. The number of rotatable bonds is 4. The van der Waals surface area contributed by atoms with E-state index in [2.05, 4.69) is 10.1 Å². The maximum absolute atomic E-state index is 13.4. The summed E-state index contributed by atoms with van der Waals surface area (Å²) in [4.78, 5) is 18.5. The van der Waals surface area contributed by atoms with Crippen molar-refractivity contribution in [3.8, 4) is 11.4 Å². The molecule has 3 aromatic rings. The molecule has 0 N–H and O–H groups in total. The van der Waals surface area contributed by atoms with Crippen molar-refractivity contribution in [2.75, 3.05) is 0 Å². The van der Waals surface area contributed by atoms with Crippen LogP contribution >= 0.6 is 0 Å². The van der Waals surface area contributed by atoms with Crippen molar-refractivity contribution in [1.29, 1.82) is 0 Å². The summed E-state index contributed by atoms with van der Waals surface area (Å²) < 4.78 is 18.9. The molecular formula is C20H18FN3O2. The SMILES string of the molecule is Cc1ccc(-c2noc(C3CCC(=O)N3Cc3cccc(F)c3)n2)cc1. The lowest BCUT2D eigenvalue weighted by Gasteiger charge is -2.22. The van der Waals surface area contributed by atoms with Crippen molar-refractivity contribution in [3.05, 3.63) is 71.4 Å². The summed E-state index contributed by atoms with van der Waals surface area (Å²) in [6, 6.07) is 13.8. The van der Waals surface area contributed by atoms with E-state index in [4.69, 9.17) is 4.52 Å². The number of hydrogen-bond acceptors (Lipinski definition) is 4. The Kier molecular flexibility index (Phi) is 4.24. The van der Waals surface area contributed by atoms with Crippen molar-refractivity contribution >= 4 is 5.91 Å². The van der Waals surface area contributed by atoms with E-state index in [9.17, 15) is 9.18 Å². The first-order valence-corrected chi connectivity index (χ1v) is 8.55. The Labute approximate surface area is 150 Å². The van der Waals surface area contributed by atoms with Crippen LogP contribution in [-0.4, -0.2) is 20.9 Å². The molecule has 5 nitrogen and oxygen atoms in total. The maximum atomic E-state index is 13.4. The molecule has 0 bridgehead atoms. The molecule has 1 unspecified atom stereocenters. The highest BCUT2D eigenvalue weighted by atomic mass is 19.1. The van der Waals surface area contributed by atoms with Gasteiger partial charge in [0.05, 0.1) is 0 Å². The number of nitrogens with zero attached hydrogens (tertiary/aromatic N) is 3. The Bertz CT molecular complexity index is 936. The topological polar surface area (TPSA) is 59.2 Å². The van der Waals surface area contributed by atoms with Gasteiger partial charge in [0.25, 0.3) is 0 Å². The van der Waals surface area contributed by atoms with E-state index in [0.717, 1.165) is 16.7 Å². The number of hydrogen-bond donors (Lipinski definition) is 0. The summed E-state index contributed by atoms with van der Waals surface area (Å²) in [5, 5.41) is 4.06. The van der Waals surface area contributed by atoms with Crippen LogP contribution in [0, 0.1) is 12.7 Å². The van der Waals surface area contributed by atoms with Gasteiger partial charge in [-0.05, 0) is 31.0 Å². The van der Waals surface area contributed by atoms with Crippen LogP contribution in [0.1, 0.15) is 35.9 Å². The highest BCUT2D eigenvalue weighted by Crippen LogP contribution is 2.34. The molecule has 6 heteroatoms. The number of likely N-dealkylation sites (tertiary alicyclic amines) is 1. The molecule has 0 saturated carbocycles. The van der Waals surface area contributed by atoms with Gasteiger partial charge in [0.1, 0.15) is 11.9 Å². The predicted octanol–water partition coefficient (Wildman–Crippen LogP) is 4.05. The molecule has 2 heterocycles. The Hall–Kier alpha value is -3.02. The first-order valence-electron chi connectivity index (χ1n) is 8.55. The van der Waals surface area contributed by atoms with E-state index in [1.165, 1.54) is 12.1 Å². The third-order valence-electron chi connectivity index (χ3n) is 4.61. The van der Waals surface area contributed by atoms with Crippen molar-refractivity contribution in [2.45, 2.75) is 32.4 Å². The van der Waals surface area contributed by atoms with Crippen LogP contribution in [0.5, 0.6) is 0 Å². The molecule has 1 aromatic heterocycles. The second kappa shape index (κ2) is 6.71. The Morgan fingerprint density at radius 2 is 2.04 bits per heavy atom. The van der Waals surface area contributed by atoms with E-state index in [1.54, 1.807) is 17.0 Å². The minimum absolute atomic E-state index is 0.00865. The molecule has 26 heavy (non-hydrogen) atoms. The van der Waals surface area contributed by atoms with Crippen LogP contribution < -0.4 is 0 Å². The maximum Gasteiger partial charge on any atom is 0.249 e. The first-order chi connectivity index (χ1) is 12.6. The second-order valence-electron chi connectivity index (χ2n) is 6.53. The molecule has 2 aromatic carbocycles. The van der Waals surface area contributed by atoms with Gasteiger partial charge in [0, 0.05) is 18.5 Å². The molecule has 1 fully saturated rings. The zero-order valence-electron chi connectivity index (χ0n) is 14.4. The minimum atomic E-state index is -0.315. The molecular weight excluding hydrogens is 333 g/mol. The number of aryl methyl sites for hydroxylation is 1. The van der Waals surface area contributed by atoms with Crippen LogP contribution in [-0.2, 0) is 11.3 Å².